The second-order valence-electron chi connectivity index (χ2n) is 8.53. The Hall–Kier alpha value is -2.35. The first-order valence-electron chi connectivity index (χ1n) is 10.1. The molecule has 1 N–H and O–H groups in total. The van der Waals surface area contributed by atoms with Crippen LogP contribution in [-0.4, -0.2) is 40.4 Å². The number of nitrogens with one attached hydrogen (secondary N) is 1. The number of aryl methyl sites for hydroxylation is 1. The molecule has 0 radical (unpaired) electrons. The Labute approximate surface area is 181 Å². The molecule has 0 saturated heterocycles. The SMILES string of the molecule is CCCNC(=O)CN1C(=O)CS[C@H](c2ccc(F)cc2)c2c(C(C)(C)C)nn(C)c21. The number of hydrogen-bond donors (Lipinski definition) is 1. The fourth-order valence-corrected chi connectivity index (χ4v) is 4.81. The van der Waals surface area contributed by atoms with Crippen LogP contribution in [0.15, 0.2) is 24.3 Å². The van der Waals surface area contributed by atoms with Gasteiger partial charge in [-0.3, -0.25) is 19.2 Å². The van der Waals surface area contributed by atoms with E-state index in [9.17, 15) is 14.0 Å². The molecular formula is C22H29FN4O2S. The summed E-state index contributed by atoms with van der Waals surface area (Å²) in [6.07, 6.45) is 0.827. The van der Waals surface area contributed by atoms with Gasteiger partial charge >= 0.3 is 0 Å². The second-order valence-corrected chi connectivity index (χ2v) is 9.63. The Morgan fingerprint density at radius 2 is 1.97 bits per heavy atom. The lowest BCUT2D eigenvalue weighted by molar-refractivity contribution is -0.122. The van der Waals surface area contributed by atoms with Crippen molar-refractivity contribution in [2.75, 3.05) is 23.7 Å². The summed E-state index contributed by atoms with van der Waals surface area (Å²) in [5.41, 5.74) is 2.42. The molecule has 0 bridgehead atoms. The third-order valence-electron chi connectivity index (χ3n) is 5.00. The molecule has 0 spiro atoms. The van der Waals surface area contributed by atoms with Gasteiger partial charge in [-0.1, -0.05) is 39.8 Å². The molecule has 3 rings (SSSR count). The molecule has 30 heavy (non-hydrogen) atoms. The number of carbonyl (C=O) groups is 2. The van der Waals surface area contributed by atoms with E-state index in [2.05, 4.69) is 26.1 Å². The van der Waals surface area contributed by atoms with Crippen molar-refractivity contribution in [1.29, 1.82) is 0 Å². The Morgan fingerprint density at radius 1 is 1.30 bits per heavy atom. The van der Waals surface area contributed by atoms with Crippen LogP contribution in [0.3, 0.4) is 0 Å². The van der Waals surface area contributed by atoms with Crippen LogP contribution in [0.4, 0.5) is 10.2 Å². The summed E-state index contributed by atoms with van der Waals surface area (Å²) in [4.78, 5) is 27.1. The normalized spacial score (nSPS) is 16.9. The predicted octanol–water partition coefficient (Wildman–Crippen LogP) is 3.55. The molecule has 1 aromatic carbocycles. The lowest BCUT2D eigenvalue weighted by atomic mass is 9.87. The maximum Gasteiger partial charge on any atom is 0.240 e. The summed E-state index contributed by atoms with van der Waals surface area (Å²) in [5, 5.41) is 7.42. The first kappa shape index (κ1) is 22.3. The van der Waals surface area contributed by atoms with Gasteiger partial charge in [0.05, 0.1) is 16.7 Å². The number of halogens is 1. The second kappa shape index (κ2) is 8.79. The molecular weight excluding hydrogens is 403 g/mol. The van der Waals surface area contributed by atoms with Crippen molar-refractivity contribution >= 4 is 29.4 Å². The zero-order valence-electron chi connectivity index (χ0n) is 18.2. The van der Waals surface area contributed by atoms with Crippen LogP contribution >= 0.6 is 11.8 Å². The first-order chi connectivity index (χ1) is 14.1. The number of fused-ring (bicyclic) bond motifs is 1. The zero-order valence-corrected chi connectivity index (χ0v) is 19.0. The molecule has 1 aromatic heterocycles. The van der Waals surface area contributed by atoms with Crippen molar-refractivity contribution in [2.24, 2.45) is 7.05 Å². The van der Waals surface area contributed by atoms with Gasteiger partial charge in [-0.05, 0) is 24.1 Å². The van der Waals surface area contributed by atoms with Crippen LogP contribution in [0.1, 0.15) is 56.2 Å². The van der Waals surface area contributed by atoms with Crippen molar-refractivity contribution in [3.05, 3.63) is 46.9 Å². The number of carbonyl (C=O) groups excluding carboxylic acids is 2. The van der Waals surface area contributed by atoms with Gasteiger partial charge in [-0.15, -0.1) is 11.8 Å². The Morgan fingerprint density at radius 3 is 2.57 bits per heavy atom. The highest BCUT2D eigenvalue weighted by molar-refractivity contribution is 8.00. The minimum atomic E-state index is -0.301. The van der Waals surface area contributed by atoms with E-state index in [4.69, 9.17) is 5.10 Å². The number of hydrogen-bond acceptors (Lipinski definition) is 4. The molecule has 1 aliphatic rings. The smallest absolute Gasteiger partial charge is 0.240 e. The highest BCUT2D eigenvalue weighted by atomic mass is 32.2. The van der Waals surface area contributed by atoms with E-state index in [1.54, 1.807) is 28.8 Å². The average Bonchev–Trinajstić information content (AvgIpc) is 2.96. The summed E-state index contributed by atoms with van der Waals surface area (Å²) in [6, 6.07) is 6.38. The summed E-state index contributed by atoms with van der Waals surface area (Å²) in [7, 11) is 1.80. The number of rotatable bonds is 5. The van der Waals surface area contributed by atoms with E-state index in [1.807, 2.05) is 6.92 Å². The number of anilines is 1. The van der Waals surface area contributed by atoms with Gasteiger partial charge in [0.25, 0.3) is 0 Å². The molecule has 162 valence electrons. The highest BCUT2D eigenvalue weighted by Gasteiger charge is 2.38. The third-order valence-corrected chi connectivity index (χ3v) is 6.26. The van der Waals surface area contributed by atoms with Crippen LogP contribution < -0.4 is 10.2 Å². The molecule has 2 heterocycles. The van der Waals surface area contributed by atoms with Crippen molar-refractivity contribution in [1.82, 2.24) is 15.1 Å². The number of aromatic nitrogens is 2. The first-order valence-corrected chi connectivity index (χ1v) is 11.2. The molecule has 1 atom stereocenters. The molecule has 0 saturated carbocycles. The van der Waals surface area contributed by atoms with Crippen molar-refractivity contribution in [3.8, 4) is 0 Å². The molecule has 2 amide bonds. The van der Waals surface area contributed by atoms with Gasteiger partial charge in [0.15, 0.2) is 0 Å². The monoisotopic (exact) mass is 432 g/mol. The quantitative estimate of drug-likeness (QED) is 0.785. The van der Waals surface area contributed by atoms with Crippen LogP contribution in [0, 0.1) is 5.82 Å². The fraction of sp³-hybridized carbons (Fsp3) is 0.500. The van der Waals surface area contributed by atoms with Gasteiger partial charge < -0.3 is 5.32 Å². The third kappa shape index (κ3) is 4.53. The summed E-state index contributed by atoms with van der Waals surface area (Å²) >= 11 is 1.49. The van der Waals surface area contributed by atoms with E-state index in [-0.39, 0.29) is 40.6 Å². The lowest BCUT2D eigenvalue weighted by Gasteiger charge is -2.24. The van der Waals surface area contributed by atoms with Crippen LogP contribution in [-0.2, 0) is 22.1 Å². The van der Waals surface area contributed by atoms with E-state index < -0.39 is 0 Å². The minimum absolute atomic E-state index is 0.0500. The van der Waals surface area contributed by atoms with Crippen molar-refractivity contribution < 1.29 is 14.0 Å². The van der Waals surface area contributed by atoms with Crippen molar-refractivity contribution in [2.45, 2.75) is 44.8 Å². The molecule has 0 aliphatic carbocycles. The van der Waals surface area contributed by atoms with Gasteiger partial charge in [0, 0.05) is 24.6 Å². The fourth-order valence-electron chi connectivity index (χ4n) is 3.61. The molecule has 8 heteroatoms. The van der Waals surface area contributed by atoms with Crippen LogP contribution in [0.5, 0.6) is 0 Å². The Bertz CT molecular complexity index is 934. The van der Waals surface area contributed by atoms with Gasteiger partial charge in [0.1, 0.15) is 18.2 Å². The summed E-state index contributed by atoms with van der Waals surface area (Å²) < 4.78 is 15.2. The number of benzene rings is 1. The van der Waals surface area contributed by atoms with E-state index >= 15 is 0 Å². The largest absolute Gasteiger partial charge is 0.355 e. The Balaban J connectivity index is 2.14. The topological polar surface area (TPSA) is 67.2 Å². The van der Waals surface area contributed by atoms with Crippen molar-refractivity contribution in [3.63, 3.8) is 0 Å². The maximum absolute atomic E-state index is 13.5. The molecule has 0 unspecified atom stereocenters. The molecule has 0 fully saturated rings. The lowest BCUT2D eigenvalue weighted by Crippen LogP contribution is -2.42. The van der Waals surface area contributed by atoms with Gasteiger partial charge in [-0.25, -0.2) is 4.39 Å². The van der Waals surface area contributed by atoms with Gasteiger partial charge in [0.2, 0.25) is 11.8 Å². The van der Waals surface area contributed by atoms with E-state index in [0.717, 1.165) is 23.2 Å². The van der Waals surface area contributed by atoms with E-state index in [0.29, 0.717) is 12.4 Å². The molecule has 1 aliphatic heterocycles. The number of amides is 2. The maximum atomic E-state index is 13.5. The van der Waals surface area contributed by atoms with Crippen LogP contribution in [0.2, 0.25) is 0 Å². The molecule has 6 nitrogen and oxygen atoms in total. The summed E-state index contributed by atoms with van der Waals surface area (Å²) in [5.74, 6) is 0.225. The predicted molar refractivity (Wildman–Crippen MR) is 118 cm³/mol. The highest BCUT2D eigenvalue weighted by Crippen LogP contribution is 2.47. The minimum Gasteiger partial charge on any atom is -0.355 e. The van der Waals surface area contributed by atoms with Gasteiger partial charge in [-0.2, -0.15) is 5.10 Å². The Kier molecular flexibility index (Phi) is 6.55. The van der Waals surface area contributed by atoms with Crippen LogP contribution in [0.25, 0.3) is 0 Å². The zero-order chi connectivity index (χ0) is 22.1. The number of thioether (sulfide) groups is 1. The molecule has 2 aromatic rings. The van der Waals surface area contributed by atoms with E-state index in [1.165, 1.54) is 23.9 Å². The average molecular weight is 433 g/mol. The summed E-state index contributed by atoms with van der Waals surface area (Å²) in [6.45, 7) is 8.73. The number of nitrogens with zero attached hydrogens (tertiary/aromatic N) is 3. The standard InChI is InChI=1S/C22H29FN4O2S/c1-6-11-24-16(28)12-27-17(29)13-30-19(14-7-9-15(23)10-8-14)18-20(22(2,3)4)25-26(5)21(18)27/h7-10,19H,6,11-13H2,1-5H3,(H,24,28)/t19-/m1/s1.